The molecule has 1 N–H and O–H groups in total. The highest BCUT2D eigenvalue weighted by molar-refractivity contribution is 7.20. The minimum absolute atomic E-state index is 0.187. The standard InChI is InChI=1S/C15H12N2O3S2/c1-8-16-7-13(21-8)14(18)17-10-3-4-11-9(5-10)6-12(22-11)15(19)20-2/h3-7H,1-2H3,(H,17,18). The number of benzene rings is 1. The van der Waals surface area contributed by atoms with Crippen molar-refractivity contribution in [2.24, 2.45) is 0 Å². The molecule has 0 bridgehead atoms. The molecule has 0 fully saturated rings. The van der Waals surface area contributed by atoms with E-state index in [1.54, 1.807) is 12.3 Å². The normalized spacial score (nSPS) is 10.6. The minimum Gasteiger partial charge on any atom is -0.465 e. The Bertz CT molecular complexity index is 867. The Morgan fingerprint density at radius 2 is 2.00 bits per heavy atom. The predicted octanol–water partition coefficient (Wildman–Crippen LogP) is 3.71. The molecule has 1 amide bonds. The zero-order chi connectivity index (χ0) is 15.7. The number of methoxy groups -OCH3 is 1. The van der Waals surface area contributed by atoms with E-state index in [1.807, 2.05) is 25.1 Å². The molecule has 0 aliphatic rings. The van der Waals surface area contributed by atoms with Crippen LogP contribution in [-0.2, 0) is 4.74 Å². The van der Waals surface area contributed by atoms with E-state index >= 15 is 0 Å². The second kappa shape index (κ2) is 5.86. The largest absolute Gasteiger partial charge is 0.465 e. The number of ether oxygens (including phenoxy) is 1. The Morgan fingerprint density at radius 3 is 2.68 bits per heavy atom. The maximum Gasteiger partial charge on any atom is 0.348 e. The van der Waals surface area contributed by atoms with Gasteiger partial charge in [0.1, 0.15) is 9.75 Å². The summed E-state index contributed by atoms with van der Waals surface area (Å²) in [5.74, 6) is -0.541. The van der Waals surface area contributed by atoms with Crippen LogP contribution in [0.2, 0.25) is 0 Å². The van der Waals surface area contributed by atoms with Gasteiger partial charge < -0.3 is 10.1 Å². The van der Waals surface area contributed by atoms with E-state index in [-0.39, 0.29) is 11.9 Å². The summed E-state index contributed by atoms with van der Waals surface area (Å²) < 4.78 is 5.68. The molecule has 0 saturated carbocycles. The third kappa shape index (κ3) is 2.86. The molecule has 0 spiro atoms. The third-order valence-electron chi connectivity index (χ3n) is 3.01. The van der Waals surface area contributed by atoms with Crippen LogP contribution < -0.4 is 5.32 Å². The predicted molar refractivity (Wildman–Crippen MR) is 88.0 cm³/mol. The van der Waals surface area contributed by atoms with Crippen molar-refractivity contribution in [2.75, 3.05) is 12.4 Å². The lowest BCUT2D eigenvalue weighted by Gasteiger charge is -2.03. The van der Waals surface area contributed by atoms with Crippen molar-refractivity contribution in [2.45, 2.75) is 6.92 Å². The fraction of sp³-hybridized carbons (Fsp3) is 0.133. The van der Waals surface area contributed by atoms with Crippen molar-refractivity contribution in [3.63, 3.8) is 0 Å². The highest BCUT2D eigenvalue weighted by Crippen LogP contribution is 2.29. The summed E-state index contributed by atoms with van der Waals surface area (Å²) in [5, 5.41) is 4.58. The molecular formula is C15H12N2O3S2. The Kier molecular flexibility index (Phi) is 3.91. The number of thiophene rings is 1. The molecular weight excluding hydrogens is 320 g/mol. The zero-order valence-corrected chi connectivity index (χ0v) is 13.5. The average Bonchev–Trinajstić information content (AvgIpc) is 3.12. The van der Waals surface area contributed by atoms with Crippen LogP contribution in [0.1, 0.15) is 24.4 Å². The Balaban J connectivity index is 1.85. The number of esters is 1. The summed E-state index contributed by atoms with van der Waals surface area (Å²) in [5.41, 5.74) is 0.678. The van der Waals surface area contributed by atoms with Gasteiger partial charge in [0.25, 0.3) is 5.91 Å². The number of aromatic nitrogens is 1. The highest BCUT2D eigenvalue weighted by atomic mass is 32.1. The number of carbonyl (C=O) groups excluding carboxylic acids is 2. The van der Waals surface area contributed by atoms with Gasteiger partial charge in [-0.05, 0) is 36.6 Å². The van der Waals surface area contributed by atoms with Gasteiger partial charge in [-0.2, -0.15) is 0 Å². The van der Waals surface area contributed by atoms with Crippen LogP contribution in [0.5, 0.6) is 0 Å². The molecule has 0 unspecified atom stereocenters. The van der Waals surface area contributed by atoms with Crippen LogP contribution in [0.4, 0.5) is 5.69 Å². The second-order valence-corrected chi connectivity index (χ2v) is 6.87. The van der Waals surface area contributed by atoms with Crippen LogP contribution in [-0.4, -0.2) is 24.0 Å². The number of rotatable bonds is 3. The average molecular weight is 332 g/mol. The molecule has 112 valence electrons. The third-order valence-corrected chi connectivity index (χ3v) is 5.01. The van der Waals surface area contributed by atoms with E-state index in [2.05, 4.69) is 10.3 Å². The van der Waals surface area contributed by atoms with E-state index in [4.69, 9.17) is 4.74 Å². The van der Waals surface area contributed by atoms with Crippen LogP contribution in [0.3, 0.4) is 0 Å². The molecule has 0 radical (unpaired) electrons. The number of hydrogen-bond donors (Lipinski definition) is 1. The first kappa shape index (κ1) is 14.7. The molecule has 22 heavy (non-hydrogen) atoms. The quantitative estimate of drug-likeness (QED) is 0.743. The van der Waals surface area contributed by atoms with Crippen LogP contribution in [0.25, 0.3) is 10.1 Å². The maximum absolute atomic E-state index is 12.1. The van der Waals surface area contributed by atoms with Gasteiger partial charge in [0, 0.05) is 10.4 Å². The van der Waals surface area contributed by atoms with Crippen molar-refractivity contribution < 1.29 is 14.3 Å². The van der Waals surface area contributed by atoms with Gasteiger partial charge in [0.15, 0.2) is 0 Å². The van der Waals surface area contributed by atoms with E-state index in [1.165, 1.54) is 29.8 Å². The lowest BCUT2D eigenvalue weighted by molar-refractivity contribution is 0.0606. The van der Waals surface area contributed by atoms with Gasteiger partial charge in [-0.25, -0.2) is 9.78 Å². The van der Waals surface area contributed by atoms with E-state index in [9.17, 15) is 9.59 Å². The number of fused-ring (bicyclic) bond motifs is 1. The fourth-order valence-electron chi connectivity index (χ4n) is 1.98. The lowest BCUT2D eigenvalue weighted by atomic mass is 10.2. The first-order valence-electron chi connectivity index (χ1n) is 6.42. The summed E-state index contributed by atoms with van der Waals surface area (Å²) in [7, 11) is 1.36. The SMILES string of the molecule is COC(=O)c1cc2cc(NC(=O)c3cnc(C)s3)ccc2s1. The first-order valence-corrected chi connectivity index (χ1v) is 8.06. The molecule has 5 nitrogen and oxygen atoms in total. The number of hydrogen-bond acceptors (Lipinski definition) is 6. The number of aryl methyl sites for hydroxylation is 1. The maximum atomic E-state index is 12.1. The molecule has 1 aromatic carbocycles. The molecule has 2 aromatic heterocycles. The summed E-state index contributed by atoms with van der Waals surface area (Å²) in [6, 6.07) is 7.29. The molecule has 7 heteroatoms. The second-order valence-electron chi connectivity index (χ2n) is 4.55. The molecule has 0 aliphatic carbocycles. The number of amides is 1. The summed E-state index contributed by atoms with van der Waals surface area (Å²) in [6.07, 6.45) is 1.56. The number of nitrogens with one attached hydrogen (secondary N) is 1. The summed E-state index contributed by atoms with van der Waals surface area (Å²) in [6.45, 7) is 1.85. The van der Waals surface area contributed by atoms with Crippen LogP contribution in [0, 0.1) is 6.92 Å². The Hall–Kier alpha value is -2.25. The van der Waals surface area contributed by atoms with Gasteiger partial charge in [-0.15, -0.1) is 22.7 Å². The summed E-state index contributed by atoms with van der Waals surface area (Å²) >= 11 is 2.71. The fourth-order valence-corrected chi connectivity index (χ4v) is 3.62. The number of nitrogens with zero attached hydrogens (tertiary/aromatic N) is 1. The van der Waals surface area contributed by atoms with Gasteiger partial charge in [0.2, 0.25) is 0 Å². The highest BCUT2D eigenvalue weighted by Gasteiger charge is 2.12. The Morgan fingerprint density at radius 1 is 1.18 bits per heavy atom. The number of carbonyl (C=O) groups is 2. The number of anilines is 1. The summed E-state index contributed by atoms with van der Waals surface area (Å²) in [4.78, 5) is 28.8. The molecule has 0 saturated heterocycles. The van der Waals surface area contributed by atoms with E-state index in [0.29, 0.717) is 15.4 Å². The van der Waals surface area contributed by atoms with Gasteiger partial charge in [-0.3, -0.25) is 4.79 Å². The monoisotopic (exact) mass is 332 g/mol. The first-order chi connectivity index (χ1) is 10.6. The molecule has 3 aromatic rings. The van der Waals surface area contributed by atoms with E-state index < -0.39 is 0 Å². The van der Waals surface area contributed by atoms with Gasteiger partial charge in [0.05, 0.1) is 18.3 Å². The molecule has 0 atom stereocenters. The van der Waals surface area contributed by atoms with Crippen molar-refractivity contribution >= 4 is 50.3 Å². The smallest absolute Gasteiger partial charge is 0.348 e. The minimum atomic E-state index is -0.355. The molecule has 0 aliphatic heterocycles. The van der Waals surface area contributed by atoms with Crippen molar-refractivity contribution in [1.29, 1.82) is 0 Å². The number of thiazole rings is 1. The lowest BCUT2D eigenvalue weighted by Crippen LogP contribution is -2.09. The molecule has 2 heterocycles. The van der Waals surface area contributed by atoms with Gasteiger partial charge >= 0.3 is 5.97 Å². The van der Waals surface area contributed by atoms with E-state index in [0.717, 1.165) is 15.1 Å². The van der Waals surface area contributed by atoms with Crippen molar-refractivity contribution in [3.05, 3.63) is 45.2 Å². The topological polar surface area (TPSA) is 68.3 Å². The van der Waals surface area contributed by atoms with Gasteiger partial charge in [-0.1, -0.05) is 0 Å². The molecule has 3 rings (SSSR count). The van der Waals surface area contributed by atoms with Crippen LogP contribution in [0.15, 0.2) is 30.5 Å². The van der Waals surface area contributed by atoms with Crippen LogP contribution >= 0.6 is 22.7 Å². The van der Waals surface area contributed by atoms with Crippen molar-refractivity contribution in [1.82, 2.24) is 4.98 Å². The Labute approximate surface area is 134 Å². The van der Waals surface area contributed by atoms with Crippen molar-refractivity contribution in [3.8, 4) is 0 Å². The zero-order valence-electron chi connectivity index (χ0n) is 11.9.